The number of hydrogen-bond donors (Lipinski definition) is 1. The number of ether oxygens (including phenoxy) is 1. The Labute approximate surface area is 177 Å². The lowest BCUT2D eigenvalue weighted by atomic mass is 10.1. The van der Waals surface area contributed by atoms with Gasteiger partial charge in [-0.1, -0.05) is 23.7 Å². The van der Waals surface area contributed by atoms with Gasteiger partial charge in [0.1, 0.15) is 11.8 Å². The lowest BCUT2D eigenvalue weighted by Gasteiger charge is -2.28. The van der Waals surface area contributed by atoms with Crippen LogP contribution in [-0.4, -0.2) is 33.7 Å². The Kier molecular flexibility index (Phi) is 7.25. The topological polar surface area (TPSA) is 75.7 Å². The van der Waals surface area contributed by atoms with Gasteiger partial charge in [0.15, 0.2) is 0 Å². The van der Waals surface area contributed by atoms with Crippen LogP contribution in [0.25, 0.3) is 0 Å². The van der Waals surface area contributed by atoms with E-state index in [4.69, 9.17) is 16.3 Å². The number of halogens is 4. The lowest BCUT2D eigenvalue weighted by molar-refractivity contribution is -0.137. The van der Waals surface area contributed by atoms with Crippen molar-refractivity contribution in [1.29, 1.82) is 0 Å². The normalized spacial score (nSPS) is 12.9. The summed E-state index contributed by atoms with van der Waals surface area (Å²) in [4.78, 5) is 12.6. The van der Waals surface area contributed by atoms with E-state index in [0.717, 1.165) is 22.7 Å². The Hall–Kier alpha value is -2.46. The van der Waals surface area contributed by atoms with Crippen LogP contribution in [0.2, 0.25) is 5.02 Å². The van der Waals surface area contributed by atoms with Gasteiger partial charge >= 0.3 is 6.18 Å². The number of nitrogens with zero attached hydrogens (tertiary/aromatic N) is 1. The van der Waals surface area contributed by atoms with Gasteiger partial charge in [-0.05, 0) is 42.8 Å². The zero-order valence-corrected chi connectivity index (χ0v) is 17.9. The molecule has 1 N–H and O–H groups in total. The summed E-state index contributed by atoms with van der Waals surface area (Å²) >= 11 is 6.06. The van der Waals surface area contributed by atoms with Gasteiger partial charge in [0, 0.05) is 6.54 Å². The number of hydrogen-bond acceptors (Lipinski definition) is 4. The van der Waals surface area contributed by atoms with E-state index in [1.807, 2.05) is 0 Å². The lowest BCUT2D eigenvalue weighted by Crippen LogP contribution is -2.47. The third-order valence-corrected chi connectivity index (χ3v) is 5.74. The molecular formula is C19H20ClF3N2O4S. The summed E-state index contributed by atoms with van der Waals surface area (Å²) in [6, 6.07) is 7.56. The highest BCUT2D eigenvalue weighted by molar-refractivity contribution is 7.92. The second kappa shape index (κ2) is 9.13. The minimum absolute atomic E-state index is 0.144. The quantitative estimate of drug-likeness (QED) is 0.675. The van der Waals surface area contributed by atoms with Gasteiger partial charge in [0.05, 0.1) is 29.6 Å². The Morgan fingerprint density at radius 1 is 1.23 bits per heavy atom. The molecule has 2 aromatic carbocycles. The fourth-order valence-corrected chi connectivity index (χ4v) is 4.21. The summed E-state index contributed by atoms with van der Waals surface area (Å²) in [6.07, 6.45) is -3.57. The molecule has 0 aliphatic carbocycles. The van der Waals surface area contributed by atoms with Crippen LogP contribution < -0.4 is 14.4 Å². The predicted octanol–water partition coefficient (Wildman–Crippen LogP) is 3.84. The minimum atomic E-state index is -4.51. The van der Waals surface area contributed by atoms with Crippen LogP contribution in [0.15, 0.2) is 42.5 Å². The monoisotopic (exact) mass is 464 g/mol. The summed E-state index contributed by atoms with van der Waals surface area (Å²) in [5, 5.41) is 2.62. The van der Waals surface area contributed by atoms with Crippen molar-refractivity contribution in [3.63, 3.8) is 0 Å². The number of carbonyl (C=O) groups is 1. The van der Waals surface area contributed by atoms with E-state index in [9.17, 15) is 26.4 Å². The first-order valence-electron chi connectivity index (χ1n) is 8.61. The average Bonchev–Trinajstić information content (AvgIpc) is 2.64. The number of anilines is 1. The summed E-state index contributed by atoms with van der Waals surface area (Å²) in [6.45, 7) is 1.16. The van der Waals surface area contributed by atoms with Crippen molar-refractivity contribution in [3.05, 3.63) is 58.6 Å². The van der Waals surface area contributed by atoms with Crippen LogP contribution in [0.5, 0.6) is 5.75 Å². The molecule has 164 valence electrons. The van der Waals surface area contributed by atoms with Gasteiger partial charge in [-0.2, -0.15) is 13.2 Å². The molecule has 11 heteroatoms. The van der Waals surface area contributed by atoms with E-state index in [1.165, 1.54) is 44.4 Å². The highest BCUT2D eigenvalue weighted by Gasteiger charge is 2.31. The largest absolute Gasteiger partial charge is 0.495 e. The molecule has 2 aromatic rings. The maximum absolute atomic E-state index is 12.8. The van der Waals surface area contributed by atoms with Crippen molar-refractivity contribution >= 4 is 33.2 Å². The number of methoxy groups -OCH3 is 1. The van der Waals surface area contributed by atoms with Gasteiger partial charge in [0.25, 0.3) is 0 Å². The molecule has 0 aliphatic rings. The molecule has 6 nitrogen and oxygen atoms in total. The van der Waals surface area contributed by atoms with Gasteiger partial charge in [-0.25, -0.2) is 8.42 Å². The third kappa shape index (κ3) is 5.79. The van der Waals surface area contributed by atoms with E-state index >= 15 is 0 Å². The number of sulfonamides is 1. The molecule has 0 radical (unpaired) electrons. The molecule has 0 aliphatic heterocycles. The average molecular weight is 465 g/mol. The summed E-state index contributed by atoms with van der Waals surface area (Å²) < 4.78 is 69.0. The number of amides is 1. The number of alkyl halides is 3. The molecule has 2 rings (SSSR count). The first kappa shape index (κ1) is 23.8. The van der Waals surface area contributed by atoms with Crippen molar-refractivity contribution in [1.82, 2.24) is 5.32 Å². The minimum Gasteiger partial charge on any atom is -0.495 e. The molecule has 30 heavy (non-hydrogen) atoms. The molecule has 0 fully saturated rings. The molecular weight excluding hydrogens is 445 g/mol. The molecule has 0 saturated carbocycles. The standard InChI is InChI=1S/C19H20ClF3N2O4S/c1-12(18(26)24-11-13-5-4-6-14(9-13)19(21,22)23)25(30(3,27)28)15-7-8-17(29-2)16(20)10-15/h4-10,12H,11H2,1-3H3,(H,24,26)/t12-/m1/s1. The maximum Gasteiger partial charge on any atom is 0.416 e. The number of benzene rings is 2. The summed E-state index contributed by atoms with van der Waals surface area (Å²) in [5.74, 6) is -0.361. The van der Waals surface area contributed by atoms with Crippen molar-refractivity contribution in [2.24, 2.45) is 0 Å². The zero-order valence-electron chi connectivity index (χ0n) is 16.3. The molecule has 1 amide bonds. The molecule has 0 spiro atoms. The number of rotatable bonds is 7. The van der Waals surface area contributed by atoms with Crippen molar-refractivity contribution in [3.8, 4) is 5.75 Å². The van der Waals surface area contributed by atoms with Crippen LogP contribution >= 0.6 is 11.6 Å². The summed E-state index contributed by atoms with van der Waals surface area (Å²) in [5.41, 5.74) is -0.471. The van der Waals surface area contributed by atoms with Crippen LogP contribution in [0.3, 0.4) is 0 Å². The maximum atomic E-state index is 12.8. The molecule has 1 atom stereocenters. The van der Waals surface area contributed by atoms with E-state index in [2.05, 4.69) is 5.32 Å². The van der Waals surface area contributed by atoms with Gasteiger partial charge < -0.3 is 10.1 Å². The van der Waals surface area contributed by atoms with E-state index in [0.29, 0.717) is 5.75 Å². The Balaban J connectivity index is 2.22. The van der Waals surface area contributed by atoms with Crippen LogP contribution in [0, 0.1) is 0 Å². The first-order valence-corrected chi connectivity index (χ1v) is 10.8. The molecule has 0 unspecified atom stereocenters. The predicted molar refractivity (Wildman–Crippen MR) is 108 cm³/mol. The Bertz CT molecular complexity index is 1030. The molecule has 0 heterocycles. The fourth-order valence-electron chi connectivity index (χ4n) is 2.80. The second-order valence-electron chi connectivity index (χ2n) is 6.47. The van der Waals surface area contributed by atoms with E-state index in [1.54, 1.807) is 0 Å². The first-order chi connectivity index (χ1) is 13.8. The Morgan fingerprint density at radius 2 is 1.90 bits per heavy atom. The number of carbonyl (C=O) groups excluding carboxylic acids is 1. The van der Waals surface area contributed by atoms with Crippen LogP contribution in [0.4, 0.5) is 18.9 Å². The van der Waals surface area contributed by atoms with Crippen molar-refractivity contribution in [2.45, 2.75) is 25.7 Å². The molecule has 0 bridgehead atoms. The Morgan fingerprint density at radius 3 is 2.43 bits per heavy atom. The zero-order chi connectivity index (χ0) is 22.7. The fraction of sp³-hybridized carbons (Fsp3) is 0.316. The molecule has 0 aromatic heterocycles. The molecule has 0 saturated heterocycles. The number of nitrogens with one attached hydrogen (secondary N) is 1. The van der Waals surface area contributed by atoms with Crippen molar-refractivity contribution in [2.75, 3.05) is 17.7 Å². The second-order valence-corrected chi connectivity index (χ2v) is 8.74. The van der Waals surface area contributed by atoms with Gasteiger partial charge in [0.2, 0.25) is 15.9 Å². The van der Waals surface area contributed by atoms with Gasteiger partial charge in [-0.3, -0.25) is 9.10 Å². The smallest absolute Gasteiger partial charge is 0.416 e. The highest BCUT2D eigenvalue weighted by atomic mass is 35.5. The van der Waals surface area contributed by atoms with Crippen LogP contribution in [-0.2, 0) is 27.5 Å². The highest BCUT2D eigenvalue weighted by Crippen LogP contribution is 2.31. The van der Waals surface area contributed by atoms with E-state index in [-0.39, 0.29) is 22.8 Å². The van der Waals surface area contributed by atoms with Crippen molar-refractivity contribution < 1.29 is 31.1 Å². The SMILES string of the molecule is COc1ccc(N([C@H](C)C(=O)NCc2cccc(C(F)(F)F)c2)S(C)(=O)=O)cc1Cl. The third-order valence-electron chi connectivity index (χ3n) is 4.20. The van der Waals surface area contributed by atoms with Gasteiger partial charge in [-0.15, -0.1) is 0 Å². The summed E-state index contributed by atoms with van der Waals surface area (Å²) in [7, 11) is -2.48. The van der Waals surface area contributed by atoms with Crippen LogP contribution in [0.1, 0.15) is 18.1 Å². The van der Waals surface area contributed by atoms with E-state index < -0.39 is 33.7 Å².